The minimum atomic E-state index is -3.58. The van der Waals surface area contributed by atoms with Crippen molar-refractivity contribution in [2.24, 2.45) is 5.73 Å². The Hall–Kier alpha value is -1.68. The van der Waals surface area contributed by atoms with Gasteiger partial charge in [0.2, 0.25) is 5.91 Å². The number of primary amides is 1. The lowest BCUT2D eigenvalue weighted by Gasteiger charge is -2.33. The highest BCUT2D eigenvalue weighted by atomic mass is 32.2. The van der Waals surface area contributed by atoms with Gasteiger partial charge in [-0.2, -0.15) is 17.4 Å². The summed E-state index contributed by atoms with van der Waals surface area (Å²) < 4.78 is 40.3. The number of nitrogens with one attached hydrogen (secondary N) is 1. The molecule has 0 bridgehead atoms. The van der Waals surface area contributed by atoms with Gasteiger partial charge in [0.1, 0.15) is 11.9 Å². The number of rotatable bonds is 8. The molecule has 0 aliphatic carbocycles. The lowest BCUT2D eigenvalue weighted by Crippen LogP contribution is -2.54. The Labute approximate surface area is 148 Å². The molecule has 1 saturated heterocycles. The molecular formula is C16H25N3O5S. The first-order chi connectivity index (χ1) is 11.9. The molecule has 0 unspecified atom stereocenters. The van der Waals surface area contributed by atoms with E-state index in [1.807, 2.05) is 0 Å². The molecule has 3 N–H and O–H groups in total. The predicted molar refractivity (Wildman–Crippen MR) is 93.6 cm³/mol. The van der Waals surface area contributed by atoms with E-state index in [1.54, 1.807) is 38.1 Å². The van der Waals surface area contributed by atoms with E-state index in [0.717, 1.165) is 0 Å². The molecule has 8 nitrogen and oxygen atoms in total. The van der Waals surface area contributed by atoms with Gasteiger partial charge in [0.25, 0.3) is 10.2 Å². The maximum atomic E-state index is 12.4. The summed E-state index contributed by atoms with van der Waals surface area (Å²) in [5.41, 5.74) is 5.59. The fourth-order valence-corrected chi connectivity index (χ4v) is 4.15. The van der Waals surface area contributed by atoms with Crippen LogP contribution in [-0.2, 0) is 14.9 Å². The van der Waals surface area contributed by atoms with Crippen molar-refractivity contribution in [2.45, 2.75) is 32.4 Å². The Morgan fingerprint density at radius 2 is 1.96 bits per heavy atom. The van der Waals surface area contributed by atoms with Crippen molar-refractivity contribution in [1.82, 2.24) is 9.03 Å². The van der Waals surface area contributed by atoms with Crippen molar-refractivity contribution in [2.75, 3.05) is 26.3 Å². The van der Waals surface area contributed by atoms with Gasteiger partial charge in [0, 0.05) is 25.3 Å². The van der Waals surface area contributed by atoms with Crippen LogP contribution in [0, 0.1) is 0 Å². The number of nitrogens with zero attached hydrogens (tertiary/aromatic N) is 1. The Balaban J connectivity index is 2.08. The van der Waals surface area contributed by atoms with Gasteiger partial charge in [0.05, 0.1) is 12.6 Å². The fourth-order valence-electron chi connectivity index (χ4n) is 2.66. The number of carbonyl (C=O) groups is 1. The number of ether oxygens (including phenoxy) is 2. The zero-order chi connectivity index (χ0) is 18.4. The molecule has 2 atom stereocenters. The number of benzene rings is 1. The molecule has 1 aromatic rings. The summed E-state index contributed by atoms with van der Waals surface area (Å²) >= 11 is 0. The zero-order valence-electron chi connectivity index (χ0n) is 14.5. The average molecular weight is 371 g/mol. The minimum absolute atomic E-state index is 0.281. The molecule has 1 amide bonds. The van der Waals surface area contributed by atoms with Gasteiger partial charge in [-0.3, -0.25) is 4.79 Å². The zero-order valence-corrected chi connectivity index (χ0v) is 15.3. The van der Waals surface area contributed by atoms with Crippen LogP contribution in [0.3, 0.4) is 0 Å². The van der Waals surface area contributed by atoms with Crippen molar-refractivity contribution in [3.63, 3.8) is 0 Å². The SMILES string of the molecule is CCN(CC)S(=O)(=O)N[C@@H]1CCOC[C@H]1Oc1ccc(C(N)=O)cc1. The monoisotopic (exact) mass is 371 g/mol. The summed E-state index contributed by atoms with van der Waals surface area (Å²) in [7, 11) is -3.58. The molecule has 1 aliphatic rings. The molecule has 0 radical (unpaired) electrons. The number of carbonyl (C=O) groups excluding carboxylic acids is 1. The molecule has 1 heterocycles. The predicted octanol–water partition coefficient (Wildman–Crippen LogP) is 0.498. The van der Waals surface area contributed by atoms with Crippen LogP contribution in [-0.4, -0.2) is 57.1 Å². The van der Waals surface area contributed by atoms with Crippen molar-refractivity contribution in [1.29, 1.82) is 0 Å². The molecule has 2 rings (SSSR count). The quantitative estimate of drug-likeness (QED) is 0.691. The number of amides is 1. The second kappa shape index (κ2) is 8.61. The topological polar surface area (TPSA) is 111 Å². The van der Waals surface area contributed by atoms with Crippen LogP contribution < -0.4 is 15.2 Å². The largest absolute Gasteiger partial charge is 0.486 e. The average Bonchev–Trinajstić information content (AvgIpc) is 2.57. The number of hydrogen-bond acceptors (Lipinski definition) is 5. The molecule has 25 heavy (non-hydrogen) atoms. The summed E-state index contributed by atoms with van der Waals surface area (Å²) in [6, 6.07) is 6.00. The van der Waals surface area contributed by atoms with Gasteiger partial charge in [-0.25, -0.2) is 0 Å². The maximum Gasteiger partial charge on any atom is 0.279 e. The first-order valence-electron chi connectivity index (χ1n) is 8.29. The van der Waals surface area contributed by atoms with Gasteiger partial charge in [-0.15, -0.1) is 0 Å². The summed E-state index contributed by atoms with van der Waals surface area (Å²) in [5.74, 6) is 0.00458. The summed E-state index contributed by atoms with van der Waals surface area (Å²) in [6.45, 7) is 5.13. The summed E-state index contributed by atoms with van der Waals surface area (Å²) in [5, 5.41) is 0. The Morgan fingerprint density at radius 3 is 2.52 bits per heavy atom. The maximum absolute atomic E-state index is 12.4. The first-order valence-corrected chi connectivity index (χ1v) is 9.73. The van der Waals surface area contributed by atoms with Crippen LogP contribution in [0.5, 0.6) is 5.75 Å². The van der Waals surface area contributed by atoms with Crippen LogP contribution in [0.15, 0.2) is 24.3 Å². The third kappa shape index (κ3) is 5.15. The molecule has 9 heteroatoms. The highest BCUT2D eigenvalue weighted by Crippen LogP contribution is 2.19. The standard InChI is InChI=1S/C16H25N3O5S/c1-3-19(4-2)25(21,22)18-14-9-10-23-11-15(14)24-13-7-5-12(6-8-13)16(17)20/h5-8,14-15,18H,3-4,9-11H2,1-2H3,(H2,17,20)/t14-,15-/m1/s1. The van der Waals surface area contributed by atoms with Gasteiger partial charge in [0.15, 0.2) is 0 Å². The van der Waals surface area contributed by atoms with Crippen molar-refractivity contribution < 1.29 is 22.7 Å². The van der Waals surface area contributed by atoms with Crippen molar-refractivity contribution >= 4 is 16.1 Å². The molecule has 0 saturated carbocycles. The van der Waals surface area contributed by atoms with E-state index < -0.39 is 28.3 Å². The van der Waals surface area contributed by atoms with E-state index in [1.165, 1.54) is 4.31 Å². The van der Waals surface area contributed by atoms with Gasteiger partial charge >= 0.3 is 0 Å². The van der Waals surface area contributed by atoms with Crippen LogP contribution in [0.4, 0.5) is 0 Å². The number of hydrogen-bond donors (Lipinski definition) is 2. The lowest BCUT2D eigenvalue weighted by molar-refractivity contribution is -0.00960. The Kier molecular flexibility index (Phi) is 6.77. The van der Waals surface area contributed by atoms with E-state index in [-0.39, 0.29) is 6.61 Å². The van der Waals surface area contributed by atoms with E-state index in [9.17, 15) is 13.2 Å². The molecule has 1 fully saturated rings. The summed E-state index contributed by atoms with van der Waals surface area (Å²) in [4.78, 5) is 11.1. The van der Waals surface area contributed by atoms with Crippen LogP contribution in [0.1, 0.15) is 30.6 Å². The van der Waals surface area contributed by atoms with E-state index >= 15 is 0 Å². The molecule has 1 aliphatic heterocycles. The molecule has 1 aromatic carbocycles. The van der Waals surface area contributed by atoms with Gasteiger partial charge in [-0.1, -0.05) is 13.8 Å². The van der Waals surface area contributed by atoms with E-state index in [4.69, 9.17) is 15.2 Å². The van der Waals surface area contributed by atoms with Gasteiger partial charge in [-0.05, 0) is 30.7 Å². The fraction of sp³-hybridized carbons (Fsp3) is 0.562. The van der Waals surface area contributed by atoms with Crippen LogP contribution >= 0.6 is 0 Å². The van der Waals surface area contributed by atoms with Crippen molar-refractivity contribution in [3.05, 3.63) is 29.8 Å². The summed E-state index contributed by atoms with van der Waals surface area (Å²) in [6.07, 6.45) is 0.0587. The van der Waals surface area contributed by atoms with Gasteiger partial charge < -0.3 is 15.2 Å². The Morgan fingerprint density at radius 1 is 1.32 bits per heavy atom. The minimum Gasteiger partial charge on any atom is -0.486 e. The smallest absolute Gasteiger partial charge is 0.279 e. The third-order valence-corrected chi connectivity index (χ3v) is 5.87. The number of nitrogens with two attached hydrogens (primary N) is 1. The normalized spacial score (nSPS) is 21.2. The third-order valence-electron chi connectivity index (χ3n) is 4.08. The molecule has 0 spiro atoms. The van der Waals surface area contributed by atoms with Crippen LogP contribution in [0.2, 0.25) is 0 Å². The highest BCUT2D eigenvalue weighted by molar-refractivity contribution is 7.87. The Bertz CT molecular complexity index is 674. The molecule has 0 aromatic heterocycles. The second-order valence-electron chi connectivity index (χ2n) is 5.72. The molecule has 140 valence electrons. The van der Waals surface area contributed by atoms with E-state index in [0.29, 0.717) is 37.4 Å². The van der Waals surface area contributed by atoms with Crippen LogP contribution in [0.25, 0.3) is 0 Å². The van der Waals surface area contributed by atoms with Crippen molar-refractivity contribution in [3.8, 4) is 5.75 Å². The lowest BCUT2D eigenvalue weighted by atomic mass is 10.1. The first kappa shape index (κ1) is 19.6. The van der Waals surface area contributed by atoms with E-state index in [2.05, 4.69) is 4.72 Å². The second-order valence-corrected chi connectivity index (χ2v) is 7.42. The molecular weight excluding hydrogens is 346 g/mol. The highest BCUT2D eigenvalue weighted by Gasteiger charge is 2.32.